The van der Waals surface area contributed by atoms with Crippen LogP contribution in [0, 0.1) is 0 Å². The van der Waals surface area contributed by atoms with Crippen molar-refractivity contribution in [3.05, 3.63) is 56.5 Å². The molecule has 5 heteroatoms. The minimum atomic E-state index is -0.000637. The van der Waals surface area contributed by atoms with E-state index in [1.165, 1.54) is 0 Å². The van der Waals surface area contributed by atoms with Gasteiger partial charge in [0.15, 0.2) is 0 Å². The summed E-state index contributed by atoms with van der Waals surface area (Å²) in [6.07, 6.45) is 0. The van der Waals surface area contributed by atoms with Gasteiger partial charge in [0.2, 0.25) is 0 Å². The lowest BCUT2D eigenvalue weighted by Gasteiger charge is -2.18. The molecule has 0 aromatic heterocycles. The fourth-order valence-electron chi connectivity index (χ4n) is 2.19. The van der Waals surface area contributed by atoms with E-state index in [-0.39, 0.29) is 5.92 Å². The number of hydrogen-bond donors (Lipinski definition) is 0. The Morgan fingerprint density at radius 2 is 1.52 bits per heavy atom. The zero-order valence-electron chi connectivity index (χ0n) is 11.9. The molecule has 0 radical (unpaired) electrons. The molecule has 1 atom stereocenters. The molecule has 21 heavy (non-hydrogen) atoms. The minimum absolute atomic E-state index is 0.000637. The van der Waals surface area contributed by atoms with Gasteiger partial charge in [-0.05, 0) is 29.3 Å². The summed E-state index contributed by atoms with van der Waals surface area (Å²) in [7, 11) is 3.16. The molecule has 0 spiro atoms. The summed E-state index contributed by atoms with van der Waals surface area (Å²) >= 11 is 18.9. The Kier molecular flexibility index (Phi) is 5.26. The highest BCUT2D eigenvalue weighted by atomic mass is 35.5. The van der Waals surface area contributed by atoms with Crippen molar-refractivity contribution in [3.63, 3.8) is 0 Å². The Hall–Kier alpha value is -1.09. The van der Waals surface area contributed by atoms with Gasteiger partial charge in [-0.3, -0.25) is 0 Å². The second kappa shape index (κ2) is 6.78. The number of rotatable bonds is 4. The average molecular weight is 346 g/mol. The van der Waals surface area contributed by atoms with E-state index < -0.39 is 0 Å². The minimum Gasteiger partial charge on any atom is -0.497 e. The Morgan fingerprint density at radius 3 is 2.10 bits per heavy atom. The van der Waals surface area contributed by atoms with E-state index in [4.69, 9.17) is 44.3 Å². The van der Waals surface area contributed by atoms with E-state index in [2.05, 4.69) is 0 Å². The zero-order chi connectivity index (χ0) is 15.6. The number of methoxy groups -OCH3 is 2. The van der Waals surface area contributed by atoms with Crippen molar-refractivity contribution in [2.45, 2.75) is 12.8 Å². The van der Waals surface area contributed by atoms with Crippen LogP contribution in [0.4, 0.5) is 0 Å². The molecule has 0 aliphatic rings. The normalized spacial score (nSPS) is 12.1. The summed E-state index contributed by atoms with van der Waals surface area (Å²) in [5, 5.41) is 1.52. The molecule has 2 aromatic carbocycles. The van der Waals surface area contributed by atoms with Crippen molar-refractivity contribution < 1.29 is 9.47 Å². The smallest absolute Gasteiger partial charge is 0.138 e. The van der Waals surface area contributed by atoms with Gasteiger partial charge in [-0.1, -0.05) is 53.9 Å². The Morgan fingerprint density at radius 1 is 0.857 bits per heavy atom. The first-order valence-corrected chi connectivity index (χ1v) is 7.48. The maximum absolute atomic E-state index is 6.35. The molecule has 0 aliphatic carbocycles. The predicted molar refractivity (Wildman–Crippen MR) is 88.5 cm³/mol. The summed E-state index contributed by atoms with van der Waals surface area (Å²) < 4.78 is 10.3. The largest absolute Gasteiger partial charge is 0.497 e. The number of ether oxygens (including phenoxy) is 2. The first-order valence-electron chi connectivity index (χ1n) is 6.35. The Bertz CT molecular complexity index is 656. The van der Waals surface area contributed by atoms with Crippen LogP contribution < -0.4 is 9.47 Å². The van der Waals surface area contributed by atoms with Gasteiger partial charge in [-0.2, -0.15) is 0 Å². The molecule has 112 valence electrons. The van der Waals surface area contributed by atoms with Crippen molar-refractivity contribution in [1.82, 2.24) is 0 Å². The first-order chi connectivity index (χ1) is 9.99. The molecule has 0 saturated heterocycles. The van der Waals surface area contributed by atoms with Crippen LogP contribution in [0.3, 0.4) is 0 Å². The van der Waals surface area contributed by atoms with Crippen LogP contribution in [0.2, 0.25) is 15.1 Å². The molecule has 0 saturated carbocycles. The second-order valence-electron chi connectivity index (χ2n) is 4.59. The lowest BCUT2D eigenvalue weighted by atomic mass is 9.93. The molecule has 0 aliphatic heterocycles. The van der Waals surface area contributed by atoms with Gasteiger partial charge in [0.25, 0.3) is 0 Å². The molecule has 0 fully saturated rings. The summed E-state index contributed by atoms with van der Waals surface area (Å²) in [6, 6.07) is 9.29. The molecule has 0 bridgehead atoms. The van der Waals surface area contributed by atoms with Gasteiger partial charge >= 0.3 is 0 Å². The molecule has 1 unspecified atom stereocenters. The van der Waals surface area contributed by atoms with E-state index in [9.17, 15) is 0 Å². The van der Waals surface area contributed by atoms with Crippen LogP contribution in [0.5, 0.6) is 11.5 Å². The van der Waals surface area contributed by atoms with Crippen LogP contribution in [0.1, 0.15) is 24.0 Å². The van der Waals surface area contributed by atoms with Gasteiger partial charge in [-0.15, -0.1) is 0 Å². The number of benzene rings is 2. The molecule has 0 amide bonds. The van der Waals surface area contributed by atoms with Crippen LogP contribution >= 0.6 is 34.8 Å². The fourth-order valence-corrected chi connectivity index (χ4v) is 3.10. The summed E-state index contributed by atoms with van der Waals surface area (Å²) in [5.41, 5.74) is 1.86. The second-order valence-corrected chi connectivity index (χ2v) is 5.76. The lowest BCUT2D eigenvalue weighted by molar-refractivity contribution is 0.414. The molecular formula is C16H15Cl3O2. The number of halogens is 3. The molecule has 2 rings (SSSR count). The van der Waals surface area contributed by atoms with Crippen molar-refractivity contribution in [2.75, 3.05) is 14.2 Å². The maximum atomic E-state index is 6.35. The highest BCUT2D eigenvalue weighted by molar-refractivity contribution is 6.43. The predicted octanol–water partition coefficient (Wildman–Crippen LogP) is 5.82. The van der Waals surface area contributed by atoms with Crippen molar-refractivity contribution in [3.8, 4) is 11.5 Å². The van der Waals surface area contributed by atoms with E-state index in [0.717, 1.165) is 16.9 Å². The van der Waals surface area contributed by atoms with Crippen LogP contribution in [-0.2, 0) is 0 Å². The van der Waals surface area contributed by atoms with Crippen LogP contribution in [0.15, 0.2) is 30.3 Å². The van der Waals surface area contributed by atoms with Crippen LogP contribution in [0.25, 0.3) is 0 Å². The van der Waals surface area contributed by atoms with E-state index in [1.807, 2.05) is 25.1 Å². The Balaban J connectivity index is 2.45. The van der Waals surface area contributed by atoms with Gasteiger partial charge in [0, 0.05) is 10.9 Å². The average Bonchev–Trinajstić information content (AvgIpc) is 2.49. The topological polar surface area (TPSA) is 18.5 Å². The van der Waals surface area contributed by atoms with Gasteiger partial charge in [-0.25, -0.2) is 0 Å². The fraction of sp³-hybridized carbons (Fsp3) is 0.250. The first kappa shape index (κ1) is 16.3. The maximum Gasteiger partial charge on any atom is 0.138 e. The van der Waals surface area contributed by atoms with Crippen molar-refractivity contribution in [2.24, 2.45) is 0 Å². The molecule has 2 aromatic rings. The summed E-state index contributed by atoms with van der Waals surface area (Å²) in [5.74, 6) is 1.27. The van der Waals surface area contributed by atoms with Crippen molar-refractivity contribution in [1.29, 1.82) is 0 Å². The van der Waals surface area contributed by atoms with E-state index >= 15 is 0 Å². The highest BCUT2D eigenvalue weighted by Crippen LogP contribution is 2.41. The quantitative estimate of drug-likeness (QED) is 0.695. The highest BCUT2D eigenvalue weighted by Gasteiger charge is 2.19. The monoisotopic (exact) mass is 344 g/mol. The third-order valence-electron chi connectivity index (χ3n) is 3.44. The lowest BCUT2D eigenvalue weighted by Crippen LogP contribution is -2.00. The zero-order valence-corrected chi connectivity index (χ0v) is 14.2. The third kappa shape index (κ3) is 3.23. The van der Waals surface area contributed by atoms with Gasteiger partial charge in [0.05, 0.1) is 19.2 Å². The molecule has 0 heterocycles. The molecule has 0 N–H and O–H groups in total. The third-order valence-corrected chi connectivity index (χ3v) is 4.64. The van der Waals surface area contributed by atoms with Gasteiger partial charge in [0.1, 0.15) is 16.5 Å². The summed E-state index contributed by atoms with van der Waals surface area (Å²) in [4.78, 5) is 0. The van der Waals surface area contributed by atoms with E-state index in [0.29, 0.717) is 20.8 Å². The standard InChI is InChI=1S/C16H15Cl3O2/c1-9(11-5-4-10(20-2)8-13(11)17)12-6-7-14(21-3)16(19)15(12)18/h4-9H,1-3H3. The van der Waals surface area contributed by atoms with Crippen LogP contribution in [-0.4, -0.2) is 14.2 Å². The summed E-state index contributed by atoms with van der Waals surface area (Å²) in [6.45, 7) is 2.03. The SMILES string of the molecule is COc1ccc(C(C)c2ccc(OC)c(Cl)c2Cl)c(Cl)c1. The molecular weight excluding hydrogens is 331 g/mol. The molecule has 2 nitrogen and oxygen atoms in total. The Labute approximate surface area is 139 Å². The number of hydrogen-bond acceptors (Lipinski definition) is 2. The van der Waals surface area contributed by atoms with Crippen molar-refractivity contribution >= 4 is 34.8 Å². The van der Waals surface area contributed by atoms with E-state index in [1.54, 1.807) is 26.4 Å². The van der Waals surface area contributed by atoms with Gasteiger partial charge < -0.3 is 9.47 Å².